The Kier molecular flexibility index (Phi) is 1.77. The van der Waals surface area contributed by atoms with Gasteiger partial charge in [0, 0.05) is 0 Å². The van der Waals surface area contributed by atoms with Crippen LogP contribution in [0.4, 0.5) is 0 Å². The lowest BCUT2D eigenvalue weighted by Crippen LogP contribution is -1.98. The van der Waals surface area contributed by atoms with Gasteiger partial charge in [-0.2, -0.15) is 0 Å². The molecule has 2 radical (unpaired) electrons. The van der Waals surface area contributed by atoms with Crippen LogP contribution in [0.1, 0.15) is 33.1 Å². The molecule has 2 rings (SSSR count). The zero-order valence-corrected chi connectivity index (χ0v) is 7.59. The summed E-state index contributed by atoms with van der Waals surface area (Å²) in [5.41, 5.74) is 0. The van der Waals surface area contributed by atoms with Crippen LogP contribution in [0.15, 0.2) is 0 Å². The first-order valence-electron chi connectivity index (χ1n) is 4.94. The molecule has 3 unspecified atom stereocenters. The molecule has 0 aromatic heterocycles. The third kappa shape index (κ3) is 1.34. The number of hydrogen-bond donors (Lipinski definition) is 0. The molecule has 0 amide bonds. The lowest BCUT2D eigenvalue weighted by Gasteiger charge is -2.09. The van der Waals surface area contributed by atoms with Crippen LogP contribution >= 0.6 is 0 Å². The standard InChI is InChI=1S/C10H17B/c1-6-3-8-9(4-6)10(8)5-7(2)11/h6-10H,3-5H2,1-2H3. The van der Waals surface area contributed by atoms with E-state index in [1.54, 1.807) is 0 Å². The second-order valence-electron chi connectivity index (χ2n) is 4.78. The maximum atomic E-state index is 5.77. The van der Waals surface area contributed by atoms with Gasteiger partial charge in [0.1, 0.15) is 0 Å². The van der Waals surface area contributed by atoms with Gasteiger partial charge in [-0.25, -0.2) is 0 Å². The van der Waals surface area contributed by atoms with E-state index >= 15 is 0 Å². The van der Waals surface area contributed by atoms with Gasteiger partial charge in [0.2, 0.25) is 0 Å². The highest BCUT2D eigenvalue weighted by atomic mass is 14.6. The molecule has 1 heteroatoms. The Labute approximate surface area is 71.2 Å². The summed E-state index contributed by atoms with van der Waals surface area (Å²) in [6.45, 7) is 4.52. The van der Waals surface area contributed by atoms with Crippen molar-refractivity contribution in [3.8, 4) is 0 Å². The Morgan fingerprint density at radius 1 is 1.36 bits per heavy atom. The number of fused-ring (bicyclic) bond motifs is 1. The predicted molar refractivity (Wildman–Crippen MR) is 48.7 cm³/mol. The van der Waals surface area contributed by atoms with E-state index < -0.39 is 0 Å². The van der Waals surface area contributed by atoms with Gasteiger partial charge >= 0.3 is 0 Å². The van der Waals surface area contributed by atoms with Gasteiger partial charge in [-0.05, 0) is 36.5 Å². The fourth-order valence-corrected chi connectivity index (χ4v) is 3.03. The maximum Gasteiger partial charge on any atom is 0.0695 e. The smallest absolute Gasteiger partial charge is 0.0695 e. The van der Waals surface area contributed by atoms with Crippen LogP contribution in [0.3, 0.4) is 0 Å². The molecule has 0 heterocycles. The summed E-state index contributed by atoms with van der Waals surface area (Å²) >= 11 is 0. The van der Waals surface area contributed by atoms with Crippen LogP contribution in [0.5, 0.6) is 0 Å². The molecule has 3 atom stereocenters. The highest BCUT2D eigenvalue weighted by Gasteiger charge is 2.53. The fourth-order valence-electron chi connectivity index (χ4n) is 3.03. The van der Waals surface area contributed by atoms with Gasteiger partial charge < -0.3 is 0 Å². The monoisotopic (exact) mass is 148 g/mol. The minimum absolute atomic E-state index is 0.431. The lowest BCUT2D eigenvalue weighted by molar-refractivity contribution is 0.454. The zero-order valence-electron chi connectivity index (χ0n) is 7.59. The minimum atomic E-state index is 0.431. The molecule has 0 aromatic carbocycles. The van der Waals surface area contributed by atoms with Gasteiger partial charge in [-0.15, -0.1) is 0 Å². The first-order valence-corrected chi connectivity index (χ1v) is 4.94. The molecule has 11 heavy (non-hydrogen) atoms. The van der Waals surface area contributed by atoms with Gasteiger partial charge in [-0.1, -0.05) is 26.1 Å². The molecular formula is C10H17B. The van der Waals surface area contributed by atoms with Crippen molar-refractivity contribution in [1.29, 1.82) is 0 Å². The highest BCUT2D eigenvalue weighted by molar-refractivity contribution is 6.11. The molecule has 2 aliphatic carbocycles. The molecular weight excluding hydrogens is 131 g/mol. The summed E-state index contributed by atoms with van der Waals surface area (Å²) in [5, 5.41) is 0. The van der Waals surface area contributed by atoms with Crippen molar-refractivity contribution >= 4 is 7.85 Å². The minimum Gasteiger partial charge on any atom is -0.0799 e. The molecule has 2 fully saturated rings. The summed E-state index contributed by atoms with van der Waals surface area (Å²) in [5.74, 6) is 4.62. The van der Waals surface area contributed by atoms with Crippen LogP contribution < -0.4 is 0 Å². The molecule has 2 aliphatic rings. The Morgan fingerprint density at radius 3 is 2.36 bits per heavy atom. The van der Waals surface area contributed by atoms with E-state index in [1.807, 2.05) is 0 Å². The molecule has 0 saturated heterocycles. The van der Waals surface area contributed by atoms with Gasteiger partial charge in [0.05, 0.1) is 7.85 Å². The SMILES string of the molecule is [B]C(C)CC1C2CC(C)CC12. The predicted octanol–water partition coefficient (Wildman–Crippen LogP) is 2.65. The van der Waals surface area contributed by atoms with Crippen molar-refractivity contribution in [3.63, 3.8) is 0 Å². The molecule has 60 valence electrons. The highest BCUT2D eigenvalue weighted by Crippen LogP contribution is 2.61. The van der Waals surface area contributed by atoms with Crippen molar-refractivity contribution in [2.75, 3.05) is 0 Å². The lowest BCUT2D eigenvalue weighted by atomic mass is 9.83. The van der Waals surface area contributed by atoms with Gasteiger partial charge in [-0.3, -0.25) is 0 Å². The van der Waals surface area contributed by atoms with Crippen LogP contribution in [-0.4, -0.2) is 7.85 Å². The molecule has 0 aromatic rings. The van der Waals surface area contributed by atoms with E-state index in [0.29, 0.717) is 5.82 Å². The quantitative estimate of drug-likeness (QED) is 0.528. The normalized spacial score (nSPS) is 50.4. The number of rotatable bonds is 2. The molecule has 0 N–H and O–H groups in total. The Morgan fingerprint density at radius 2 is 1.91 bits per heavy atom. The molecule has 0 spiro atoms. The summed E-state index contributed by atoms with van der Waals surface area (Å²) in [6.07, 6.45) is 4.26. The number of hydrogen-bond acceptors (Lipinski definition) is 0. The Hall–Kier alpha value is 0.0649. The second kappa shape index (κ2) is 2.53. The fraction of sp³-hybridized carbons (Fsp3) is 1.00. The molecule has 0 nitrogen and oxygen atoms in total. The van der Waals surface area contributed by atoms with Crippen LogP contribution in [-0.2, 0) is 0 Å². The topological polar surface area (TPSA) is 0 Å². The summed E-state index contributed by atoms with van der Waals surface area (Å²) in [4.78, 5) is 0. The Bertz CT molecular complexity index is 141. The average molecular weight is 148 g/mol. The third-order valence-electron chi connectivity index (χ3n) is 3.50. The first kappa shape index (κ1) is 7.70. The first-order chi connectivity index (χ1) is 5.18. The van der Waals surface area contributed by atoms with E-state index in [2.05, 4.69) is 13.8 Å². The molecule has 0 bridgehead atoms. The van der Waals surface area contributed by atoms with E-state index in [-0.39, 0.29) is 0 Å². The molecule has 2 saturated carbocycles. The van der Waals surface area contributed by atoms with Crippen LogP contribution in [0.2, 0.25) is 5.82 Å². The van der Waals surface area contributed by atoms with Crippen LogP contribution in [0.25, 0.3) is 0 Å². The van der Waals surface area contributed by atoms with Crippen molar-refractivity contribution in [3.05, 3.63) is 0 Å². The third-order valence-corrected chi connectivity index (χ3v) is 3.50. The van der Waals surface area contributed by atoms with E-state index in [0.717, 1.165) is 23.7 Å². The second-order valence-corrected chi connectivity index (χ2v) is 4.78. The van der Waals surface area contributed by atoms with Crippen molar-refractivity contribution in [1.82, 2.24) is 0 Å². The van der Waals surface area contributed by atoms with E-state index in [1.165, 1.54) is 19.3 Å². The summed E-state index contributed by atoms with van der Waals surface area (Å²) in [7, 11) is 5.77. The van der Waals surface area contributed by atoms with Gasteiger partial charge in [0.15, 0.2) is 0 Å². The van der Waals surface area contributed by atoms with Crippen molar-refractivity contribution in [2.24, 2.45) is 23.7 Å². The van der Waals surface area contributed by atoms with Crippen molar-refractivity contribution < 1.29 is 0 Å². The van der Waals surface area contributed by atoms with E-state index in [4.69, 9.17) is 7.85 Å². The summed E-state index contributed by atoms with van der Waals surface area (Å²) < 4.78 is 0. The molecule has 0 aliphatic heterocycles. The maximum absolute atomic E-state index is 5.77. The van der Waals surface area contributed by atoms with Crippen molar-refractivity contribution in [2.45, 2.75) is 38.9 Å². The van der Waals surface area contributed by atoms with E-state index in [9.17, 15) is 0 Å². The Balaban J connectivity index is 1.79. The summed E-state index contributed by atoms with van der Waals surface area (Å²) in [6, 6.07) is 0. The zero-order chi connectivity index (χ0) is 8.01. The van der Waals surface area contributed by atoms with Gasteiger partial charge in [0.25, 0.3) is 0 Å². The van der Waals surface area contributed by atoms with Crippen LogP contribution in [0, 0.1) is 23.7 Å². The average Bonchev–Trinajstić information content (AvgIpc) is 2.43. The largest absolute Gasteiger partial charge is 0.0799 e.